The molecule has 0 aliphatic carbocycles. The molecule has 0 aromatic heterocycles. The van der Waals surface area contributed by atoms with Gasteiger partial charge in [0, 0.05) is 0 Å². The van der Waals surface area contributed by atoms with E-state index in [0.717, 1.165) is 0 Å². The molecule has 0 aliphatic rings. The Morgan fingerprint density at radius 1 is 1.17 bits per heavy atom. The predicted molar refractivity (Wildman–Crippen MR) is 7.13 cm³/mol. The number of hydrogen-bond acceptors (Lipinski definition) is 4. The molecule has 0 saturated heterocycles. The Hall–Kier alpha value is 1.53. The maximum atomic E-state index is 8.59. The van der Waals surface area contributed by atoms with Crippen LogP contribution in [0.1, 0.15) is 0 Å². The van der Waals surface area contributed by atoms with Gasteiger partial charge in [-0.2, -0.15) is 0 Å². The van der Waals surface area contributed by atoms with Crippen molar-refractivity contribution in [2.24, 2.45) is 0 Å². The van der Waals surface area contributed by atoms with E-state index in [-0.39, 0.29) is 45.5 Å². The molecule has 4 nitrogen and oxygen atoms in total. The molecule has 0 atom stereocenters. The summed E-state index contributed by atoms with van der Waals surface area (Å²) in [6, 6.07) is 0. The minimum atomic E-state index is -5.75. The quantitative estimate of drug-likeness (QED) is 0.393. The molecule has 0 aromatic carbocycles. The predicted octanol–water partition coefficient (Wildman–Crippen LogP) is -3.00. The molecule has 0 unspecified atom stereocenters. The second-order valence-electron chi connectivity index (χ2n) is 0.408. The minimum absolute atomic E-state index is 0. The summed E-state index contributed by atoms with van der Waals surface area (Å²) in [5.74, 6) is 0. The normalized spacial score (nSPS) is 9.67. The van der Waals surface area contributed by atoms with Gasteiger partial charge in [-0.3, -0.25) is 0 Å². The van der Waals surface area contributed by atoms with Crippen LogP contribution in [-0.4, -0.2) is 45.5 Å². The number of hydrogen-bond donors (Lipinski definition) is 0. The topological polar surface area (TPSA) is 80.3 Å². The van der Waals surface area contributed by atoms with Crippen molar-refractivity contribution in [3.05, 3.63) is 0 Å². The van der Waals surface area contributed by atoms with Gasteiger partial charge in [-0.05, 0) is 0 Å². The van der Waals surface area contributed by atoms with Gasteiger partial charge in [0.05, 0.1) is 0 Å². The zero-order valence-corrected chi connectivity index (χ0v) is 7.50. The average molecular weight is 204 g/mol. The summed E-state index contributed by atoms with van der Waals surface area (Å²) in [5, 5.41) is 0. The van der Waals surface area contributed by atoms with Crippen LogP contribution in [0.4, 0.5) is 0 Å². The van der Waals surface area contributed by atoms with Crippen LogP contribution in [0.2, 0.25) is 0 Å². The van der Waals surface area contributed by atoms with E-state index < -0.39 is 13.6 Å². The van der Waals surface area contributed by atoms with Gasteiger partial charge in [0.2, 0.25) is 0 Å². The Labute approximate surface area is 73.8 Å². The Morgan fingerprint density at radius 2 is 1.17 bits per heavy atom. The molecule has 6 heteroatoms. The van der Waals surface area contributed by atoms with Gasteiger partial charge in [0.1, 0.15) is 0 Å². The van der Waals surface area contributed by atoms with Gasteiger partial charge >= 0.3 is 75.0 Å². The van der Waals surface area contributed by atoms with Crippen LogP contribution in [0.3, 0.4) is 0 Å². The summed E-state index contributed by atoms with van der Waals surface area (Å²) in [4.78, 5) is 0. The molecule has 0 N–H and O–H groups in total. The van der Waals surface area contributed by atoms with Gasteiger partial charge in [0.25, 0.3) is 0 Å². The second kappa shape index (κ2) is 3.52. The first-order chi connectivity index (χ1) is 2.00. The molecule has 0 heterocycles. The summed E-state index contributed by atoms with van der Waals surface area (Å²) >= 11 is -5.75. The number of rotatable bonds is 0. The second-order valence-corrected chi connectivity index (χ2v) is 1.68. The first kappa shape index (κ1) is 10.5. The standard InChI is InChI=1S/Cr.4O.Sr/q;;;2*-1;+2. The molecule has 0 radical (unpaired) electrons. The van der Waals surface area contributed by atoms with Crippen molar-refractivity contribution in [2.45, 2.75) is 0 Å². The molecule has 0 aromatic rings. The largest absolute Gasteiger partial charge is 2.00 e. The maximum absolute atomic E-state index is 8.59. The fraction of sp³-hybridized carbons (Fsp3) is 0. The molecule has 0 aliphatic heterocycles. The van der Waals surface area contributed by atoms with Crippen molar-refractivity contribution >= 4 is 45.5 Å². The van der Waals surface area contributed by atoms with E-state index >= 15 is 0 Å². The van der Waals surface area contributed by atoms with Crippen LogP contribution in [0.15, 0.2) is 0 Å². The summed E-state index contributed by atoms with van der Waals surface area (Å²) in [7, 11) is 0. The van der Waals surface area contributed by atoms with E-state index in [2.05, 4.69) is 0 Å². The SMILES string of the molecule is [O]=[Cr](=[O])([O-])[O-].[Sr+2]. The van der Waals surface area contributed by atoms with Crippen LogP contribution >= 0.6 is 0 Å². The molecule has 0 saturated carbocycles. The van der Waals surface area contributed by atoms with Gasteiger partial charge < -0.3 is 0 Å². The molecule has 0 fully saturated rings. The van der Waals surface area contributed by atoms with Crippen molar-refractivity contribution in [3.8, 4) is 0 Å². The van der Waals surface area contributed by atoms with Crippen LogP contribution in [0, 0.1) is 0 Å². The fourth-order valence-corrected chi connectivity index (χ4v) is 0. The van der Waals surface area contributed by atoms with Crippen molar-refractivity contribution in [2.75, 3.05) is 0 Å². The van der Waals surface area contributed by atoms with Gasteiger partial charge in [0.15, 0.2) is 0 Å². The van der Waals surface area contributed by atoms with Crippen molar-refractivity contribution < 1.29 is 29.5 Å². The maximum Gasteiger partial charge on any atom is 2.00 e. The molecule has 0 rings (SSSR count). The minimum Gasteiger partial charge on any atom is 2.00 e. The van der Waals surface area contributed by atoms with Crippen molar-refractivity contribution in [1.82, 2.24) is 0 Å². The molecule has 32 valence electrons. The zero-order valence-electron chi connectivity index (χ0n) is 2.75. The molecule has 0 spiro atoms. The van der Waals surface area contributed by atoms with E-state index in [0.29, 0.717) is 0 Å². The first-order valence-corrected chi connectivity index (χ1v) is 2.75. The summed E-state index contributed by atoms with van der Waals surface area (Å²) in [5.41, 5.74) is 0. The van der Waals surface area contributed by atoms with Gasteiger partial charge in [-0.1, -0.05) is 0 Å². The first-order valence-electron chi connectivity index (χ1n) is 0.667. The smallest absolute Gasteiger partial charge is 2.00 e. The van der Waals surface area contributed by atoms with E-state index in [4.69, 9.17) is 15.9 Å². The van der Waals surface area contributed by atoms with E-state index in [1.54, 1.807) is 0 Å². The van der Waals surface area contributed by atoms with Crippen LogP contribution in [0.5, 0.6) is 0 Å². The average Bonchev–Trinajstić information content (AvgIpc) is 0.722. The Bertz CT molecular complexity index is 90.7. The monoisotopic (exact) mass is 204 g/mol. The fourth-order valence-electron chi connectivity index (χ4n) is 0. The summed E-state index contributed by atoms with van der Waals surface area (Å²) in [6.45, 7) is 0. The van der Waals surface area contributed by atoms with Gasteiger partial charge in [-0.25, -0.2) is 0 Å². The van der Waals surface area contributed by atoms with E-state index in [1.165, 1.54) is 0 Å². The third-order valence-corrected chi connectivity index (χ3v) is 0. The van der Waals surface area contributed by atoms with Crippen LogP contribution < -0.4 is 8.32 Å². The van der Waals surface area contributed by atoms with Crippen LogP contribution in [0.25, 0.3) is 0 Å². The Kier molecular flexibility index (Phi) is 6.17. The third-order valence-electron chi connectivity index (χ3n) is 0. The van der Waals surface area contributed by atoms with Gasteiger partial charge in [-0.15, -0.1) is 0 Å². The van der Waals surface area contributed by atoms with E-state index in [1.807, 2.05) is 0 Å². The van der Waals surface area contributed by atoms with Crippen LogP contribution in [-0.2, 0) is 21.2 Å². The molecular formula is CrO4Sr. The Balaban J connectivity index is 0. The molecule has 0 amide bonds. The zero-order chi connectivity index (χ0) is 4.50. The van der Waals surface area contributed by atoms with Crippen molar-refractivity contribution in [3.63, 3.8) is 0 Å². The molecule has 6 heavy (non-hydrogen) atoms. The molecule has 0 bridgehead atoms. The third kappa shape index (κ3) is 48.4. The summed E-state index contributed by atoms with van der Waals surface area (Å²) in [6.07, 6.45) is 0. The van der Waals surface area contributed by atoms with E-state index in [9.17, 15) is 0 Å². The Morgan fingerprint density at radius 3 is 1.17 bits per heavy atom. The van der Waals surface area contributed by atoms with Crippen molar-refractivity contribution in [1.29, 1.82) is 0 Å². The summed E-state index contributed by atoms with van der Waals surface area (Å²) < 4.78 is 34.4. The molecular weight excluding hydrogens is 204 g/mol.